The number of hydrogen-bond donors (Lipinski definition) is 1. The van der Waals surface area contributed by atoms with Crippen LogP contribution in [0, 0.1) is 0 Å². The van der Waals surface area contributed by atoms with Crippen molar-refractivity contribution in [1.82, 2.24) is 15.5 Å². The van der Waals surface area contributed by atoms with Gasteiger partial charge in [-0.25, -0.2) is 0 Å². The maximum absolute atomic E-state index is 12.8. The zero-order valence-electron chi connectivity index (χ0n) is 18.2. The molecule has 2 aromatic carbocycles. The van der Waals surface area contributed by atoms with Gasteiger partial charge in [-0.15, -0.1) is 0 Å². The predicted molar refractivity (Wildman–Crippen MR) is 112 cm³/mol. The van der Waals surface area contributed by atoms with Crippen molar-refractivity contribution in [2.75, 3.05) is 6.54 Å². The highest BCUT2D eigenvalue weighted by Crippen LogP contribution is 2.31. The molecule has 7 nitrogen and oxygen atoms in total. The Balaban J connectivity index is 1.51. The summed E-state index contributed by atoms with van der Waals surface area (Å²) >= 11 is 0. The first-order valence-corrected chi connectivity index (χ1v) is 9.98. The monoisotopic (exact) mass is 461 g/mol. The molecular weight excluding hydrogens is 439 g/mol. The highest BCUT2D eigenvalue weighted by Gasteiger charge is 2.30. The number of hydrogen-bond acceptors (Lipinski definition) is 6. The van der Waals surface area contributed by atoms with Crippen molar-refractivity contribution in [2.45, 2.75) is 39.0 Å². The van der Waals surface area contributed by atoms with Gasteiger partial charge in [0.25, 0.3) is 11.8 Å². The van der Waals surface area contributed by atoms with E-state index in [1.807, 2.05) is 12.1 Å². The van der Waals surface area contributed by atoms with E-state index >= 15 is 0 Å². The molecule has 0 spiro atoms. The van der Waals surface area contributed by atoms with Crippen LogP contribution in [0.25, 0.3) is 11.4 Å². The molecule has 1 heterocycles. The lowest BCUT2D eigenvalue weighted by atomic mass is 9.87. The molecule has 0 fully saturated rings. The van der Waals surface area contributed by atoms with E-state index in [-0.39, 0.29) is 35.8 Å². The molecule has 1 aromatic heterocycles. The van der Waals surface area contributed by atoms with Gasteiger partial charge in [0, 0.05) is 11.1 Å². The molecule has 0 aliphatic rings. The van der Waals surface area contributed by atoms with Gasteiger partial charge in [-0.1, -0.05) is 50.2 Å². The number of benzene rings is 2. The quantitative estimate of drug-likeness (QED) is 0.542. The van der Waals surface area contributed by atoms with Crippen LogP contribution in [-0.4, -0.2) is 28.6 Å². The van der Waals surface area contributed by atoms with Crippen molar-refractivity contribution < 1.29 is 32.0 Å². The Labute approximate surface area is 187 Å². The SMILES string of the molecule is CC(C)(C)c1ccc(C(=O)NCC(=O)OCc2nc(-c3cccc(C(F)(F)F)c3)no2)cc1. The molecule has 3 rings (SSSR count). The van der Waals surface area contributed by atoms with Gasteiger partial charge in [0.1, 0.15) is 6.54 Å². The fourth-order valence-electron chi connectivity index (χ4n) is 2.83. The summed E-state index contributed by atoms with van der Waals surface area (Å²) < 4.78 is 48.4. The Bertz CT molecular complexity index is 1130. The number of nitrogens with one attached hydrogen (secondary N) is 1. The summed E-state index contributed by atoms with van der Waals surface area (Å²) in [5.74, 6) is -1.34. The second-order valence-electron chi connectivity index (χ2n) is 8.26. The van der Waals surface area contributed by atoms with Crippen LogP contribution in [0.1, 0.15) is 48.1 Å². The zero-order valence-corrected chi connectivity index (χ0v) is 18.2. The number of nitrogens with zero attached hydrogens (tertiary/aromatic N) is 2. The number of ether oxygens (including phenoxy) is 1. The average Bonchev–Trinajstić information content (AvgIpc) is 3.24. The molecule has 0 saturated heterocycles. The lowest BCUT2D eigenvalue weighted by Crippen LogP contribution is -2.30. The first kappa shape index (κ1) is 24.0. The van der Waals surface area contributed by atoms with Crippen LogP contribution in [-0.2, 0) is 27.7 Å². The van der Waals surface area contributed by atoms with E-state index in [1.165, 1.54) is 12.1 Å². The van der Waals surface area contributed by atoms with E-state index in [2.05, 4.69) is 36.2 Å². The summed E-state index contributed by atoms with van der Waals surface area (Å²) in [6, 6.07) is 11.5. The number of alkyl halides is 3. The van der Waals surface area contributed by atoms with Crippen molar-refractivity contribution in [3.63, 3.8) is 0 Å². The zero-order chi connectivity index (χ0) is 24.2. The highest BCUT2D eigenvalue weighted by molar-refractivity contribution is 5.95. The Morgan fingerprint density at radius 3 is 2.36 bits per heavy atom. The summed E-state index contributed by atoms with van der Waals surface area (Å²) in [6.07, 6.45) is -4.50. The van der Waals surface area contributed by atoms with Crippen LogP contribution in [0.15, 0.2) is 53.1 Å². The van der Waals surface area contributed by atoms with Gasteiger partial charge < -0.3 is 14.6 Å². The number of amides is 1. The average molecular weight is 461 g/mol. The number of carbonyl (C=O) groups is 2. The summed E-state index contributed by atoms with van der Waals surface area (Å²) in [7, 11) is 0. The third-order valence-corrected chi connectivity index (χ3v) is 4.68. The van der Waals surface area contributed by atoms with Gasteiger partial charge in [-0.2, -0.15) is 18.2 Å². The van der Waals surface area contributed by atoms with E-state index in [9.17, 15) is 22.8 Å². The molecule has 1 N–H and O–H groups in total. The number of esters is 1. The van der Waals surface area contributed by atoms with Crippen molar-refractivity contribution in [3.05, 3.63) is 71.1 Å². The third-order valence-electron chi connectivity index (χ3n) is 4.68. The number of aromatic nitrogens is 2. The largest absolute Gasteiger partial charge is 0.454 e. The summed E-state index contributed by atoms with van der Waals surface area (Å²) in [4.78, 5) is 28.1. The molecule has 0 radical (unpaired) electrons. The van der Waals surface area contributed by atoms with E-state index in [0.717, 1.165) is 17.7 Å². The fourth-order valence-corrected chi connectivity index (χ4v) is 2.83. The molecule has 174 valence electrons. The van der Waals surface area contributed by atoms with Gasteiger partial charge >= 0.3 is 12.1 Å². The molecule has 0 atom stereocenters. The van der Waals surface area contributed by atoms with Crippen LogP contribution in [0.3, 0.4) is 0 Å². The minimum absolute atomic E-state index is 0.0471. The van der Waals surface area contributed by atoms with Crippen molar-refractivity contribution in [1.29, 1.82) is 0 Å². The normalized spacial score (nSPS) is 11.8. The maximum Gasteiger partial charge on any atom is 0.416 e. The highest BCUT2D eigenvalue weighted by atomic mass is 19.4. The van der Waals surface area contributed by atoms with Gasteiger partial charge in [-0.3, -0.25) is 9.59 Å². The van der Waals surface area contributed by atoms with Crippen LogP contribution in [0.2, 0.25) is 0 Å². The second-order valence-corrected chi connectivity index (χ2v) is 8.26. The Kier molecular flexibility index (Phi) is 6.85. The molecule has 0 unspecified atom stereocenters. The third kappa shape index (κ3) is 6.41. The number of halogens is 3. The fraction of sp³-hybridized carbons (Fsp3) is 0.304. The Morgan fingerprint density at radius 2 is 1.73 bits per heavy atom. The molecule has 0 bridgehead atoms. The summed E-state index contributed by atoms with van der Waals surface area (Å²) in [5.41, 5.74) is 0.688. The van der Waals surface area contributed by atoms with Crippen molar-refractivity contribution in [2.24, 2.45) is 0 Å². The van der Waals surface area contributed by atoms with Gasteiger partial charge in [0.2, 0.25) is 5.82 Å². The van der Waals surface area contributed by atoms with Crippen LogP contribution < -0.4 is 5.32 Å². The molecule has 0 aliphatic heterocycles. The van der Waals surface area contributed by atoms with E-state index < -0.39 is 23.6 Å². The Hall–Kier alpha value is -3.69. The summed E-state index contributed by atoms with van der Waals surface area (Å²) in [6.45, 7) is 5.41. The standard InChI is InChI=1S/C23H22F3N3O4/c1-22(2,3)16-9-7-14(8-10-16)21(31)27-12-19(30)32-13-18-28-20(29-33-18)15-5-4-6-17(11-15)23(24,25)26/h4-11H,12-13H2,1-3H3,(H,27,31). The smallest absolute Gasteiger partial charge is 0.416 e. The van der Waals surface area contributed by atoms with Crippen LogP contribution in [0.4, 0.5) is 13.2 Å². The lowest BCUT2D eigenvalue weighted by molar-refractivity contribution is -0.144. The molecule has 10 heteroatoms. The predicted octanol–water partition coefficient (Wildman–Crippen LogP) is 4.53. The summed E-state index contributed by atoms with van der Waals surface area (Å²) in [5, 5.41) is 6.07. The van der Waals surface area contributed by atoms with Crippen LogP contribution >= 0.6 is 0 Å². The van der Waals surface area contributed by atoms with Gasteiger partial charge in [-0.05, 0) is 35.2 Å². The molecule has 3 aromatic rings. The lowest BCUT2D eigenvalue weighted by Gasteiger charge is -2.19. The van der Waals surface area contributed by atoms with E-state index in [1.54, 1.807) is 12.1 Å². The molecule has 0 aliphatic carbocycles. The molecule has 33 heavy (non-hydrogen) atoms. The van der Waals surface area contributed by atoms with Crippen LogP contribution in [0.5, 0.6) is 0 Å². The second kappa shape index (κ2) is 9.43. The molecule has 1 amide bonds. The van der Waals surface area contributed by atoms with Crippen molar-refractivity contribution >= 4 is 11.9 Å². The maximum atomic E-state index is 12.8. The van der Waals surface area contributed by atoms with Gasteiger partial charge in [0.15, 0.2) is 6.61 Å². The van der Waals surface area contributed by atoms with Gasteiger partial charge in [0.05, 0.1) is 5.56 Å². The Morgan fingerprint density at radius 1 is 1.03 bits per heavy atom. The van der Waals surface area contributed by atoms with E-state index in [0.29, 0.717) is 5.56 Å². The first-order chi connectivity index (χ1) is 15.4. The minimum Gasteiger partial charge on any atom is -0.454 e. The van der Waals surface area contributed by atoms with Crippen molar-refractivity contribution in [3.8, 4) is 11.4 Å². The molecular formula is C23H22F3N3O4. The number of rotatable bonds is 6. The topological polar surface area (TPSA) is 94.3 Å². The van der Waals surface area contributed by atoms with E-state index in [4.69, 9.17) is 9.26 Å². The first-order valence-electron chi connectivity index (χ1n) is 9.98. The minimum atomic E-state index is -4.50. The molecule has 0 saturated carbocycles. The number of carbonyl (C=O) groups excluding carboxylic acids is 2.